The average Bonchev–Trinajstić information content (AvgIpc) is 2.25. The summed E-state index contributed by atoms with van der Waals surface area (Å²) >= 11 is 0. The van der Waals surface area contributed by atoms with Crippen LogP contribution in [0.1, 0.15) is 12.8 Å². The summed E-state index contributed by atoms with van der Waals surface area (Å²) in [5.41, 5.74) is 0. The van der Waals surface area contributed by atoms with E-state index in [4.69, 9.17) is 9.47 Å². The molecule has 2 unspecified atom stereocenters. The van der Waals surface area contributed by atoms with Crippen molar-refractivity contribution in [3.05, 3.63) is 12.3 Å². The van der Waals surface area contributed by atoms with Crippen molar-refractivity contribution >= 4 is 7.85 Å². The van der Waals surface area contributed by atoms with E-state index in [1.54, 1.807) is 7.11 Å². The lowest BCUT2D eigenvalue weighted by molar-refractivity contribution is 0.0118. The Hall–Kier alpha value is -0.475. The molecule has 0 aromatic carbocycles. The molecule has 1 rings (SSSR count). The van der Waals surface area contributed by atoms with Gasteiger partial charge < -0.3 is 14.8 Å². The number of hydrogen-bond donors (Lipinski definition) is 1. The molecule has 80 valence electrons. The first-order chi connectivity index (χ1) is 6.79. The quantitative estimate of drug-likeness (QED) is 0.509. The van der Waals surface area contributed by atoms with E-state index >= 15 is 0 Å². The Labute approximate surface area is 87.3 Å². The second kappa shape index (κ2) is 6.09. The third-order valence-electron chi connectivity index (χ3n) is 2.55. The van der Waals surface area contributed by atoms with E-state index in [1.165, 1.54) is 6.42 Å². The zero-order valence-corrected chi connectivity index (χ0v) is 9.21. The minimum atomic E-state index is 0.167. The number of ether oxygens (including phenoxy) is 2. The molecule has 0 bridgehead atoms. The van der Waals surface area contributed by atoms with Gasteiger partial charge in [0.15, 0.2) is 0 Å². The Morgan fingerprint density at radius 1 is 1.64 bits per heavy atom. The van der Waals surface area contributed by atoms with Crippen molar-refractivity contribution in [3.8, 4) is 0 Å². The molecule has 0 radical (unpaired) electrons. The molecule has 0 aliphatic carbocycles. The largest absolute Gasteiger partial charge is 0.500 e. The van der Waals surface area contributed by atoms with E-state index in [-0.39, 0.29) is 12.1 Å². The smallest absolute Gasteiger partial charge is 0.108 e. The van der Waals surface area contributed by atoms with Crippen LogP contribution in [0.3, 0.4) is 0 Å². The molecule has 1 aliphatic rings. The van der Waals surface area contributed by atoms with Gasteiger partial charge in [-0.2, -0.15) is 0 Å². The van der Waals surface area contributed by atoms with Crippen LogP contribution in [0, 0.1) is 0 Å². The van der Waals surface area contributed by atoms with Crippen LogP contribution in [0.2, 0.25) is 6.32 Å². The summed E-state index contributed by atoms with van der Waals surface area (Å²) < 4.78 is 10.9. The third kappa shape index (κ3) is 3.03. The second-order valence-electron chi connectivity index (χ2n) is 3.65. The normalized spacial score (nSPS) is 27.2. The van der Waals surface area contributed by atoms with Crippen molar-refractivity contribution in [2.45, 2.75) is 31.3 Å². The monoisotopic (exact) mass is 197 g/mol. The lowest BCUT2D eigenvalue weighted by Crippen LogP contribution is -2.47. The van der Waals surface area contributed by atoms with Crippen LogP contribution in [0.25, 0.3) is 0 Å². The molecule has 14 heavy (non-hydrogen) atoms. The predicted molar refractivity (Wildman–Crippen MR) is 60.3 cm³/mol. The highest BCUT2D eigenvalue weighted by Gasteiger charge is 2.27. The molecule has 1 N–H and O–H groups in total. The predicted octanol–water partition coefficient (Wildman–Crippen LogP) is 0.335. The van der Waals surface area contributed by atoms with Gasteiger partial charge in [0.05, 0.1) is 19.3 Å². The molecule has 3 nitrogen and oxygen atoms in total. The summed E-state index contributed by atoms with van der Waals surface area (Å²) in [6.07, 6.45) is 3.56. The van der Waals surface area contributed by atoms with Gasteiger partial charge in [0, 0.05) is 6.61 Å². The Morgan fingerprint density at radius 2 is 2.43 bits per heavy atom. The maximum absolute atomic E-state index is 5.76. The zero-order valence-electron chi connectivity index (χ0n) is 9.21. The van der Waals surface area contributed by atoms with Crippen molar-refractivity contribution in [2.24, 2.45) is 0 Å². The molecular formula is C10H20BNO2. The molecule has 1 saturated heterocycles. The second-order valence-corrected chi connectivity index (χ2v) is 3.65. The van der Waals surface area contributed by atoms with Gasteiger partial charge in [0.25, 0.3) is 0 Å². The first kappa shape index (κ1) is 11.6. The molecule has 2 atom stereocenters. The number of rotatable bonds is 5. The summed E-state index contributed by atoms with van der Waals surface area (Å²) in [4.78, 5) is 0. The fourth-order valence-electron chi connectivity index (χ4n) is 1.76. The molecule has 0 aromatic rings. The Bertz CT molecular complexity index is 187. The minimum Gasteiger partial charge on any atom is -0.500 e. The van der Waals surface area contributed by atoms with Crippen molar-refractivity contribution < 1.29 is 9.47 Å². The molecule has 0 amide bonds. The van der Waals surface area contributed by atoms with Crippen LogP contribution in [0.15, 0.2) is 12.3 Å². The minimum absolute atomic E-state index is 0.167. The summed E-state index contributed by atoms with van der Waals surface area (Å²) in [5, 5.41) is 3.38. The Morgan fingerprint density at radius 3 is 3.07 bits per heavy atom. The van der Waals surface area contributed by atoms with Crippen molar-refractivity contribution in [3.63, 3.8) is 0 Å². The van der Waals surface area contributed by atoms with Crippen molar-refractivity contribution in [2.75, 3.05) is 20.3 Å². The van der Waals surface area contributed by atoms with Gasteiger partial charge in [-0.25, -0.2) is 0 Å². The van der Waals surface area contributed by atoms with E-state index in [1.807, 2.05) is 0 Å². The van der Waals surface area contributed by atoms with E-state index in [0.717, 1.165) is 31.7 Å². The number of methoxy groups -OCH3 is 1. The maximum atomic E-state index is 5.76. The van der Waals surface area contributed by atoms with Gasteiger partial charge in [0.1, 0.15) is 13.6 Å². The van der Waals surface area contributed by atoms with Gasteiger partial charge in [-0.15, -0.1) is 0 Å². The lowest BCUT2D eigenvalue weighted by atomic mass is 9.99. The molecule has 1 fully saturated rings. The summed E-state index contributed by atoms with van der Waals surface area (Å²) in [6, 6.07) is 0.167. The first-order valence-corrected chi connectivity index (χ1v) is 5.37. The van der Waals surface area contributed by atoms with E-state index in [9.17, 15) is 0 Å². The van der Waals surface area contributed by atoms with Gasteiger partial charge >= 0.3 is 0 Å². The Kier molecular flexibility index (Phi) is 5.05. The number of hydrogen-bond acceptors (Lipinski definition) is 3. The molecule has 1 heterocycles. The van der Waals surface area contributed by atoms with Crippen LogP contribution < -0.4 is 5.32 Å². The fraction of sp³-hybridized carbons (Fsp3) is 0.800. The van der Waals surface area contributed by atoms with Crippen molar-refractivity contribution in [1.82, 2.24) is 5.32 Å². The van der Waals surface area contributed by atoms with Gasteiger partial charge in [-0.3, -0.25) is 0 Å². The summed E-state index contributed by atoms with van der Waals surface area (Å²) in [6.45, 7) is 5.74. The van der Waals surface area contributed by atoms with E-state index in [0.29, 0.717) is 0 Å². The van der Waals surface area contributed by atoms with Gasteiger partial charge in [-0.1, -0.05) is 12.9 Å². The standard InChI is InChI=1S/C10H20BNO2/c1-8(13-2)10-9(14-7-5-11)4-3-6-12-10/h9-10,12H,1,3-7,11H2,2H3. The first-order valence-electron chi connectivity index (χ1n) is 5.37. The number of piperidine rings is 1. The molecular weight excluding hydrogens is 177 g/mol. The van der Waals surface area contributed by atoms with Crippen LogP contribution in [-0.4, -0.2) is 40.3 Å². The van der Waals surface area contributed by atoms with E-state index in [2.05, 4.69) is 19.7 Å². The third-order valence-corrected chi connectivity index (χ3v) is 2.55. The van der Waals surface area contributed by atoms with Crippen molar-refractivity contribution in [1.29, 1.82) is 0 Å². The molecule has 0 aromatic heterocycles. The van der Waals surface area contributed by atoms with Crippen LogP contribution >= 0.6 is 0 Å². The van der Waals surface area contributed by atoms with Crippen LogP contribution in [-0.2, 0) is 9.47 Å². The zero-order chi connectivity index (χ0) is 10.4. The maximum Gasteiger partial charge on any atom is 0.108 e. The lowest BCUT2D eigenvalue weighted by Gasteiger charge is -2.32. The molecule has 1 aliphatic heterocycles. The van der Waals surface area contributed by atoms with Gasteiger partial charge in [0.2, 0.25) is 0 Å². The van der Waals surface area contributed by atoms with Crippen LogP contribution in [0.4, 0.5) is 0 Å². The Balaban J connectivity index is 2.45. The molecule has 0 spiro atoms. The van der Waals surface area contributed by atoms with Gasteiger partial charge in [-0.05, 0) is 19.4 Å². The fourth-order valence-corrected chi connectivity index (χ4v) is 1.76. The average molecular weight is 197 g/mol. The highest BCUT2D eigenvalue weighted by molar-refractivity contribution is 6.08. The highest BCUT2D eigenvalue weighted by Crippen LogP contribution is 2.18. The summed E-state index contributed by atoms with van der Waals surface area (Å²) in [5.74, 6) is 0.783. The van der Waals surface area contributed by atoms with E-state index < -0.39 is 0 Å². The highest BCUT2D eigenvalue weighted by atomic mass is 16.5. The topological polar surface area (TPSA) is 30.5 Å². The summed E-state index contributed by atoms with van der Waals surface area (Å²) in [7, 11) is 3.78. The molecule has 0 saturated carbocycles. The van der Waals surface area contributed by atoms with Crippen LogP contribution in [0.5, 0.6) is 0 Å². The SMILES string of the molecule is BCCOC1CCCNC1C(=C)OC. The molecule has 4 heteroatoms. The number of nitrogens with one attached hydrogen (secondary N) is 1.